The number of aromatic amines is 1. The first kappa shape index (κ1) is 12.0. The summed E-state index contributed by atoms with van der Waals surface area (Å²) in [5.41, 5.74) is 0.314. The molecular formula is C10H8F2N4O2. The summed E-state index contributed by atoms with van der Waals surface area (Å²) in [5.74, 6) is -0.544. The minimum absolute atomic E-state index is 0.0233. The third-order valence-electron chi connectivity index (χ3n) is 1.95. The molecule has 1 aromatic heterocycles. The largest absolute Gasteiger partial charge is 0.435 e. The van der Waals surface area contributed by atoms with Gasteiger partial charge in [-0.15, -0.1) is 0 Å². The van der Waals surface area contributed by atoms with E-state index in [-0.39, 0.29) is 11.6 Å². The highest BCUT2D eigenvalue weighted by Gasteiger charge is 2.10. The van der Waals surface area contributed by atoms with Crippen LogP contribution in [0.3, 0.4) is 0 Å². The number of nitrogens with one attached hydrogen (secondary N) is 2. The zero-order chi connectivity index (χ0) is 13.0. The maximum atomic E-state index is 12.0. The molecule has 0 atom stereocenters. The maximum absolute atomic E-state index is 12.0. The molecule has 0 aliphatic carbocycles. The molecule has 0 unspecified atom stereocenters. The number of nitrogens with zero attached hydrogens (tertiary/aromatic N) is 2. The zero-order valence-corrected chi connectivity index (χ0v) is 8.93. The third kappa shape index (κ3) is 3.00. The number of carbonyl (C=O) groups excluding carboxylic acids is 1. The molecule has 0 saturated heterocycles. The molecule has 2 N–H and O–H groups in total. The summed E-state index contributed by atoms with van der Waals surface area (Å²) in [6.07, 6.45) is 1.19. The van der Waals surface area contributed by atoms with Gasteiger partial charge in [0.1, 0.15) is 12.1 Å². The van der Waals surface area contributed by atoms with Gasteiger partial charge in [-0.05, 0) is 12.1 Å². The second-order valence-corrected chi connectivity index (χ2v) is 3.19. The Bertz CT molecular complexity index is 530. The number of halogens is 2. The van der Waals surface area contributed by atoms with E-state index in [1.54, 1.807) is 0 Å². The molecule has 1 aromatic carbocycles. The van der Waals surface area contributed by atoms with Crippen molar-refractivity contribution in [1.29, 1.82) is 0 Å². The van der Waals surface area contributed by atoms with Crippen molar-refractivity contribution in [1.82, 2.24) is 15.2 Å². The van der Waals surface area contributed by atoms with E-state index in [4.69, 9.17) is 0 Å². The van der Waals surface area contributed by atoms with E-state index in [0.717, 1.165) is 0 Å². The number of anilines is 1. The molecule has 18 heavy (non-hydrogen) atoms. The molecular weight excluding hydrogens is 246 g/mol. The molecule has 0 bridgehead atoms. The van der Waals surface area contributed by atoms with E-state index in [1.807, 2.05) is 0 Å². The monoisotopic (exact) mass is 254 g/mol. The van der Waals surface area contributed by atoms with Crippen molar-refractivity contribution in [3.05, 3.63) is 36.4 Å². The van der Waals surface area contributed by atoms with Gasteiger partial charge >= 0.3 is 6.61 Å². The number of amides is 1. The Labute approximate surface area is 100.0 Å². The Kier molecular flexibility index (Phi) is 3.46. The van der Waals surface area contributed by atoms with Gasteiger partial charge in [0, 0.05) is 11.8 Å². The van der Waals surface area contributed by atoms with E-state index in [1.165, 1.54) is 30.6 Å². The first-order valence-electron chi connectivity index (χ1n) is 4.87. The first-order valence-corrected chi connectivity index (χ1v) is 4.87. The first-order chi connectivity index (χ1) is 8.65. The molecule has 2 aromatic rings. The number of hydrogen-bond donors (Lipinski definition) is 2. The fourth-order valence-corrected chi connectivity index (χ4v) is 1.26. The van der Waals surface area contributed by atoms with Crippen molar-refractivity contribution in [3.63, 3.8) is 0 Å². The van der Waals surface area contributed by atoms with Crippen molar-refractivity contribution >= 4 is 11.6 Å². The maximum Gasteiger partial charge on any atom is 0.387 e. The zero-order valence-electron chi connectivity index (χ0n) is 8.93. The van der Waals surface area contributed by atoms with Crippen LogP contribution in [-0.4, -0.2) is 27.7 Å². The van der Waals surface area contributed by atoms with E-state index in [0.29, 0.717) is 5.69 Å². The highest BCUT2D eigenvalue weighted by molar-refractivity contribution is 6.01. The number of H-pyrrole nitrogens is 1. The lowest BCUT2D eigenvalue weighted by Crippen LogP contribution is -2.13. The molecule has 1 amide bonds. The quantitative estimate of drug-likeness (QED) is 0.869. The molecule has 0 spiro atoms. The molecule has 0 fully saturated rings. The Morgan fingerprint density at radius 3 is 2.94 bits per heavy atom. The number of rotatable bonds is 4. The lowest BCUT2D eigenvalue weighted by Gasteiger charge is -2.07. The normalized spacial score (nSPS) is 10.4. The summed E-state index contributed by atoms with van der Waals surface area (Å²) in [6.45, 7) is -2.91. The van der Waals surface area contributed by atoms with Gasteiger partial charge in [-0.2, -0.15) is 13.9 Å². The van der Waals surface area contributed by atoms with Crippen LogP contribution in [0.25, 0.3) is 0 Å². The molecule has 0 saturated carbocycles. The predicted octanol–water partition coefficient (Wildman–Crippen LogP) is 1.66. The summed E-state index contributed by atoms with van der Waals surface area (Å²) in [7, 11) is 0. The van der Waals surface area contributed by atoms with Crippen molar-refractivity contribution in [2.24, 2.45) is 0 Å². The Morgan fingerprint density at radius 2 is 2.28 bits per heavy atom. The molecule has 0 radical (unpaired) electrons. The van der Waals surface area contributed by atoms with Crippen molar-refractivity contribution < 1.29 is 18.3 Å². The van der Waals surface area contributed by atoms with Crippen LogP contribution in [0.4, 0.5) is 14.5 Å². The van der Waals surface area contributed by atoms with E-state index < -0.39 is 12.5 Å². The molecule has 0 aliphatic heterocycles. The summed E-state index contributed by atoms with van der Waals surface area (Å²) in [4.78, 5) is 15.2. The average Bonchev–Trinajstić information content (AvgIpc) is 2.81. The Morgan fingerprint density at radius 1 is 1.44 bits per heavy atom. The summed E-state index contributed by atoms with van der Waals surface area (Å²) >= 11 is 0. The lowest BCUT2D eigenvalue weighted by atomic mass is 10.3. The second-order valence-electron chi connectivity index (χ2n) is 3.19. The Balaban J connectivity index is 2.07. The third-order valence-corrected chi connectivity index (χ3v) is 1.95. The van der Waals surface area contributed by atoms with Gasteiger partial charge in [0.25, 0.3) is 5.91 Å². The number of alkyl halides is 2. The van der Waals surface area contributed by atoms with Gasteiger partial charge in [-0.1, -0.05) is 6.07 Å². The average molecular weight is 254 g/mol. The highest BCUT2D eigenvalue weighted by atomic mass is 19.3. The van der Waals surface area contributed by atoms with Crippen LogP contribution in [0, 0.1) is 0 Å². The Hall–Kier alpha value is -2.51. The summed E-state index contributed by atoms with van der Waals surface area (Å²) < 4.78 is 28.2. The van der Waals surface area contributed by atoms with Gasteiger partial charge in [0.15, 0.2) is 0 Å². The van der Waals surface area contributed by atoms with Crippen LogP contribution in [0.2, 0.25) is 0 Å². The molecule has 6 nitrogen and oxygen atoms in total. The number of ether oxygens (including phenoxy) is 1. The van der Waals surface area contributed by atoms with Gasteiger partial charge in [0.2, 0.25) is 5.82 Å². The van der Waals surface area contributed by atoms with Gasteiger partial charge in [-0.3, -0.25) is 9.89 Å². The number of carbonyl (C=O) groups is 1. The van der Waals surface area contributed by atoms with Crippen LogP contribution in [-0.2, 0) is 0 Å². The van der Waals surface area contributed by atoms with Gasteiger partial charge in [-0.25, -0.2) is 4.98 Å². The lowest BCUT2D eigenvalue weighted by molar-refractivity contribution is -0.0497. The van der Waals surface area contributed by atoms with E-state index >= 15 is 0 Å². The number of benzene rings is 1. The van der Waals surface area contributed by atoms with Crippen molar-refractivity contribution in [2.45, 2.75) is 6.61 Å². The fraction of sp³-hybridized carbons (Fsp3) is 0.100. The molecule has 1 heterocycles. The van der Waals surface area contributed by atoms with Crippen LogP contribution >= 0.6 is 0 Å². The summed E-state index contributed by atoms with van der Waals surface area (Å²) in [6, 6.07) is 5.65. The standard InChI is InChI=1S/C10H8F2N4O2/c11-10(12)18-7-3-1-2-6(4-7)15-9(17)8-13-5-14-16-8/h1-5,10H,(H,15,17)(H,13,14,16). The number of hydrogen-bond acceptors (Lipinski definition) is 4. The second kappa shape index (κ2) is 5.21. The fourth-order valence-electron chi connectivity index (χ4n) is 1.26. The minimum Gasteiger partial charge on any atom is -0.435 e. The predicted molar refractivity (Wildman–Crippen MR) is 57.4 cm³/mol. The highest BCUT2D eigenvalue weighted by Crippen LogP contribution is 2.19. The summed E-state index contributed by atoms with van der Waals surface area (Å²) in [5, 5.41) is 8.36. The molecule has 94 valence electrons. The van der Waals surface area contributed by atoms with Crippen molar-refractivity contribution in [3.8, 4) is 5.75 Å². The van der Waals surface area contributed by atoms with Gasteiger partial charge < -0.3 is 10.1 Å². The van der Waals surface area contributed by atoms with Gasteiger partial charge in [0.05, 0.1) is 0 Å². The molecule has 0 aliphatic rings. The van der Waals surface area contributed by atoms with Crippen molar-refractivity contribution in [2.75, 3.05) is 5.32 Å². The van der Waals surface area contributed by atoms with Crippen LogP contribution in [0.5, 0.6) is 5.75 Å². The van der Waals surface area contributed by atoms with Crippen LogP contribution in [0.15, 0.2) is 30.6 Å². The van der Waals surface area contributed by atoms with E-state index in [2.05, 4.69) is 25.2 Å². The topological polar surface area (TPSA) is 79.9 Å². The molecule has 2 rings (SSSR count). The minimum atomic E-state index is -2.91. The smallest absolute Gasteiger partial charge is 0.387 e. The van der Waals surface area contributed by atoms with Crippen LogP contribution in [0.1, 0.15) is 10.6 Å². The van der Waals surface area contributed by atoms with E-state index in [9.17, 15) is 13.6 Å². The van der Waals surface area contributed by atoms with Crippen LogP contribution < -0.4 is 10.1 Å². The SMILES string of the molecule is O=C(Nc1cccc(OC(F)F)c1)c1ncn[nH]1. The molecule has 8 heteroatoms. The number of aromatic nitrogens is 3.